The van der Waals surface area contributed by atoms with Gasteiger partial charge in [0, 0.05) is 16.8 Å². The number of nitrogens with one attached hydrogen (secondary N) is 2. The quantitative estimate of drug-likeness (QED) is 0.215. The van der Waals surface area contributed by atoms with Gasteiger partial charge >= 0.3 is 5.97 Å². The van der Waals surface area contributed by atoms with Crippen molar-refractivity contribution in [1.82, 2.24) is 0 Å². The number of esters is 1. The van der Waals surface area contributed by atoms with Crippen LogP contribution in [0.1, 0.15) is 30.5 Å². The molecule has 0 saturated heterocycles. The molecule has 3 rings (SSSR count). The lowest BCUT2D eigenvalue weighted by Gasteiger charge is -2.18. The Kier molecular flexibility index (Phi) is 9.25. The monoisotopic (exact) mass is 526 g/mol. The van der Waals surface area contributed by atoms with Gasteiger partial charge in [-0.15, -0.1) is 0 Å². The number of rotatable bonds is 10. The van der Waals surface area contributed by atoms with Gasteiger partial charge in [0.15, 0.2) is 6.10 Å². The zero-order valence-electron chi connectivity index (χ0n) is 21.5. The fourth-order valence-electron chi connectivity index (χ4n) is 3.62. The minimum absolute atomic E-state index is 0.0632. The second-order valence-electron chi connectivity index (χ2n) is 8.54. The zero-order chi connectivity index (χ0) is 27.1. The molecule has 3 aromatic rings. The Morgan fingerprint density at radius 1 is 1.00 bits per heavy atom. The van der Waals surface area contributed by atoms with Crippen LogP contribution in [0.5, 0.6) is 23.0 Å². The van der Waals surface area contributed by atoms with Crippen LogP contribution >= 0.6 is 11.6 Å². The number of hydrogen-bond donors (Lipinski definition) is 3. The maximum atomic E-state index is 12.8. The number of anilines is 2. The van der Waals surface area contributed by atoms with Gasteiger partial charge in [0.2, 0.25) is 0 Å². The molecule has 0 heterocycles. The van der Waals surface area contributed by atoms with Crippen LogP contribution in [-0.2, 0) is 14.3 Å². The van der Waals surface area contributed by atoms with Gasteiger partial charge in [-0.3, -0.25) is 9.59 Å². The predicted octanol–water partition coefficient (Wildman–Crippen LogP) is 6.14. The molecule has 0 aliphatic rings. The van der Waals surface area contributed by atoms with Crippen LogP contribution in [0, 0.1) is 20.8 Å². The number of amides is 1. The number of phenols is 1. The Hall–Kier alpha value is -3.91. The number of phenolic OH excluding ortho intramolecular Hbond substituents is 1. The lowest BCUT2D eigenvalue weighted by atomic mass is 10.1. The molecule has 37 heavy (non-hydrogen) atoms. The first kappa shape index (κ1) is 27.7. The van der Waals surface area contributed by atoms with E-state index in [1.165, 1.54) is 6.07 Å². The molecular formula is C28H31ClN2O6. The van der Waals surface area contributed by atoms with E-state index in [1.54, 1.807) is 44.2 Å². The molecular weight excluding hydrogens is 496 g/mol. The van der Waals surface area contributed by atoms with Gasteiger partial charge in [-0.2, -0.15) is 0 Å². The molecule has 3 aromatic carbocycles. The van der Waals surface area contributed by atoms with Gasteiger partial charge in [0.05, 0.1) is 12.3 Å². The van der Waals surface area contributed by atoms with E-state index < -0.39 is 12.0 Å². The summed E-state index contributed by atoms with van der Waals surface area (Å²) in [6.07, 6.45) is -0.831. The Labute approximate surface area is 221 Å². The van der Waals surface area contributed by atoms with E-state index in [4.69, 9.17) is 25.8 Å². The number of aromatic hydroxyl groups is 1. The van der Waals surface area contributed by atoms with E-state index in [0.717, 1.165) is 22.4 Å². The van der Waals surface area contributed by atoms with Crippen LogP contribution in [0.2, 0.25) is 5.02 Å². The first-order valence-electron chi connectivity index (χ1n) is 11.8. The topological polar surface area (TPSA) is 106 Å². The third-order valence-electron chi connectivity index (χ3n) is 5.46. The van der Waals surface area contributed by atoms with E-state index in [-0.39, 0.29) is 24.0 Å². The summed E-state index contributed by atoms with van der Waals surface area (Å²) in [6.45, 7) is 9.38. The number of carbonyl (C=O) groups is 2. The molecule has 0 aromatic heterocycles. The number of carbonyl (C=O) groups excluding carboxylic acids is 2. The summed E-state index contributed by atoms with van der Waals surface area (Å²) >= 11 is 5.98. The molecule has 0 fully saturated rings. The third-order valence-corrected chi connectivity index (χ3v) is 5.69. The molecule has 0 radical (unpaired) electrons. The molecule has 9 heteroatoms. The fourth-order valence-corrected chi connectivity index (χ4v) is 3.85. The molecule has 3 N–H and O–H groups in total. The second-order valence-corrected chi connectivity index (χ2v) is 8.97. The minimum atomic E-state index is -0.831. The molecule has 8 nitrogen and oxygen atoms in total. The van der Waals surface area contributed by atoms with Crippen LogP contribution in [0.4, 0.5) is 11.4 Å². The first-order chi connectivity index (χ1) is 17.6. The Balaban J connectivity index is 1.70. The molecule has 1 unspecified atom stereocenters. The van der Waals surface area contributed by atoms with Crippen molar-refractivity contribution in [3.05, 3.63) is 70.2 Å². The van der Waals surface area contributed by atoms with E-state index >= 15 is 0 Å². The van der Waals surface area contributed by atoms with Crippen molar-refractivity contribution >= 4 is 34.9 Å². The minimum Gasteiger partial charge on any atom is -0.506 e. The molecule has 196 valence electrons. The van der Waals surface area contributed by atoms with Crippen molar-refractivity contribution in [2.75, 3.05) is 23.8 Å². The van der Waals surface area contributed by atoms with Crippen molar-refractivity contribution in [3.8, 4) is 23.0 Å². The predicted molar refractivity (Wildman–Crippen MR) is 144 cm³/mol. The highest BCUT2D eigenvalue weighted by molar-refractivity contribution is 6.30. The van der Waals surface area contributed by atoms with Gasteiger partial charge in [0.1, 0.15) is 29.5 Å². The molecule has 0 spiro atoms. The highest BCUT2D eigenvalue weighted by Gasteiger charge is 2.18. The summed E-state index contributed by atoms with van der Waals surface area (Å²) in [7, 11) is 0. The molecule has 1 amide bonds. The van der Waals surface area contributed by atoms with Crippen LogP contribution < -0.4 is 20.1 Å². The van der Waals surface area contributed by atoms with Crippen LogP contribution in [-0.4, -0.2) is 36.2 Å². The van der Waals surface area contributed by atoms with E-state index in [2.05, 4.69) is 10.6 Å². The standard InChI is InChI=1S/C28H31ClN2O6/c1-6-35-26(33)15-30-21-12-17(3)27(18(4)13-21)37-22-8-9-24(32)23(14-22)31-28(34)19(5)36-25-10-7-20(29)11-16(25)2/h7-14,19,30,32H,6,15H2,1-5H3,(H,31,34). The second kappa shape index (κ2) is 12.4. The van der Waals surface area contributed by atoms with Crippen molar-refractivity contribution in [2.24, 2.45) is 0 Å². The van der Waals surface area contributed by atoms with E-state index in [0.29, 0.717) is 28.9 Å². The Morgan fingerprint density at radius 3 is 2.35 bits per heavy atom. The van der Waals surface area contributed by atoms with Gasteiger partial charge in [-0.05, 0) is 93.8 Å². The molecule has 0 bridgehead atoms. The summed E-state index contributed by atoms with van der Waals surface area (Å²) in [5.74, 6) is 0.709. The summed E-state index contributed by atoms with van der Waals surface area (Å²) in [4.78, 5) is 24.4. The normalized spacial score (nSPS) is 11.4. The van der Waals surface area contributed by atoms with Crippen molar-refractivity contribution in [1.29, 1.82) is 0 Å². The van der Waals surface area contributed by atoms with Crippen molar-refractivity contribution in [3.63, 3.8) is 0 Å². The lowest BCUT2D eigenvalue weighted by molar-refractivity contribution is -0.140. The number of benzene rings is 3. The number of ether oxygens (including phenoxy) is 3. The summed E-state index contributed by atoms with van der Waals surface area (Å²) in [5.41, 5.74) is 3.43. The smallest absolute Gasteiger partial charge is 0.325 e. The zero-order valence-corrected chi connectivity index (χ0v) is 22.2. The highest BCUT2D eigenvalue weighted by atomic mass is 35.5. The van der Waals surface area contributed by atoms with Gasteiger partial charge in [-0.1, -0.05) is 11.6 Å². The summed E-state index contributed by atoms with van der Waals surface area (Å²) in [6, 6.07) is 13.5. The largest absolute Gasteiger partial charge is 0.506 e. The van der Waals surface area contributed by atoms with Gasteiger partial charge in [0.25, 0.3) is 5.91 Å². The number of halogens is 1. The Morgan fingerprint density at radius 2 is 1.70 bits per heavy atom. The average molecular weight is 527 g/mol. The van der Waals surface area contributed by atoms with Crippen LogP contribution in [0.25, 0.3) is 0 Å². The molecule has 0 aliphatic heterocycles. The van der Waals surface area contributed by atoms with E-state index in [9.17, 15) is 14.7 Å². The first-order valence-corrected chi connectivity index (χ1v) is 12.2. The molecule has 0 saturated carbocycles. The van der Waals surface area contributed by atoms with Crippen LogP contribution in [0.15, 0.2) is 48.5 Å². The average Bonchev–Trinajstić information content (AvgIpc) is 2.84. The fraction of sp³-hybridized carbons (Fsp3) is 0.286. The Bertz CT molecular complexity index is 1270. The number of hydrogen-bond acceptors (Lipinski definition) is 7. The van der Waals surface area contributed by atoms with Gasteiger partial charge in [-0.25, -0.2) is 0 Å². The third kappa shape index (κ3) is 7.54. The molecule has 1 atom stereocenters. The SMILES string of the molecule is CCOC(=O)CNc1cc(C)c(Oc2ccc(O)c(NC(=O)C(C)Oc3ccc(Cl)cc3C)c2)c(C)c1. The van der Waals surface area contributed by atoms with Crippen molar-refractivity contribution < 1.29 is 28.9 Å². The lowest BCUT2D eigenvalue weighted by Crippen LogP contribution is -2.30. The molecule has 0 aliphatic carbocycles. The summed E-state index contributed by atoms with van der Waals surface area (Å²) in [5, 5.41) is 16.6. The number of aryl methyl sites for hydroxylation is 3. The maximum Gasteiger partial charge on any atom is 0.325 e. The van der Waals surface area contributed by atoms with Crippen LogP contribution in [0.3, 0.4) is 0 Å². The van der Waals surface area contributed by atoms with Gasteiger partial charge < -0.3 is 30.0 Å². The van der Waals surface area contributed by atoms with Crippen molar-refractivity contribution in [2.45, 2.75) is 40.7 Å². The summed E-state index contributed by atoms with van der Waals surface area (Å²) < 4.78 is 16.8. The van der Waals surface area contributed by atoms with E-state index in [1.807, 2.05) is 32.9 Å². The maximum absolute atomic E-state index is 12.8. The highest BCUT2D eigenvalue weighted by Crippen LogP contribution is 2.35.